The summed E-state index contributed by atoms with van der Waals surface area (Å²) in [6.07, 6.45) is 3.99. The van der Waals surface area contributed by atoms with Gasteiger partial charge < -0.3 is 10.1 Å². The number of nitrogens with zero attached hydrogens (tertiary/aromatic N) is 2. The summed E-state index contributed by atoms with van der Waals surface area (Å²) in [6, 6.07) is 3.44. The summed E-state index contributed by atoms with van der Waals surface area (Å²) in [4.78, 5) is 11.3. The topological polar surface area (TPSA) is 64.1 Å². The van der Waals surface area contributed by atoms with Crippen molar-refractivity contribution in [3.05, 3.63) is 29.1 Å². The van der Waals surface area contributed by atoms with Gasteiger partial charge in [-0.15, -0.1) is 10.2 Å². The minimum absolute atomic E-state index is 0.365. The normalized spacial score (nSPS) is 11.6. The van der Waals surface area contributed by atoms with E-state index in [4.69, 9.17) is 16.3 Å². The van der Waals surface area contributed by atoms with Gasteiger partial charge in [0, 0.05) is 6.54 Å². The first kappa shape index (κ1) is 15.4. The zero-order chi connectivity index (χ0) is 14.3. The van der Waals surface area contributed by atoms with Gasteiger partial charge >= 0.3 is 6.09 Å². The molecule has 1 heterocycles. The second kappa shape index (κ2) is 7.09. The van der Waals surface area contributed by atoms with Crippen molar-refractivity contribution in [2.24, 2.45) is 0 Å². The Labute approximate surface area is 118 Å². The molecule has 0 saturated carbocycles. The third kappa shape index (κ3) is 7.41. The largest absolute Gasteiger partial charge is 0.444 e. The van der Waals surface area contributed by atoms with Crippen molar-refractivity contribution >= 4 is 23.8 Å². The van der Waals surface area contributed by atoms with Gasteiger partial charge in [-0.2, -0.15) is 0 Å². The average molecular weight is 284 g/mol. The zero-order valence-electron chi connectivity index (χ0n) is 11.3. The molecule has 0 aliphatic heterocycles. The first-order chi connectivity index (χ1) is 8.87. The van der Waals surface area contributed by atoms with Gasteiger partial charge in [0.2, 0.25) is 0 Å². The molecule has 0 unspecified atom stereocenters. The molecule has 1 amide bonds. The van der Waals surface area contributed by atoms with E-state index in [2.05, 4.69) is 15.5 Å². The number of ether oxygens (including phenoxy) is 1. The van der Waals surface area contributed by atoms with Crippen LogP contribution >= 0.6 is 11.6 Å². The van der Waals surface area contributed by atoms with Crippen LogP contribution in [-0.2, 0) is 4.74 Å². The Morgan fingerprint density at radius 2 is 2.16 bits per heavy atom. The van der Waals surface area contributed by atoms with E-state index in [0.717, 1.165) is 5.69 Å². The van der Waals surface area contributed by atoms with Gasteiger partial charge in [-0.05, 0) is 45.4 Å². The van der Waals surface area contributed by atoms with Crippen LogP contribution in [0.25, 0.3) is 6.08 Å². The van der Waals surface area contributed by atoms with Gasteiger partial charge in [-0.3, -0.25) is 0 Å². The summed E-state index contributed by atoms with van der Waals surface area (Å²) in [5.74, 6) is 0. The van der Waals surface area contributed by atoms with E-state index >= 15 is 0 Å². The van der Waals surface area contributed by atoms with E-state index in [1.165, 1.54) is 0 Å². The average Bonchev–Trinajstić information content (AvgIpc) is 2.29. The van der Waals surface area contributed by atoms with Crippen LogP contribution in [0.5, 0.6) is 0 Å². The number of aromatic nitrogens is 2. The Kier molecular flexibility index (Phi) is 5.76. The van der Waals surface area contributed by atoms with Crippen LogP contribution in [0.15, 0.2) is 18.2 Å². The van der Waals surface area contributed by atoms with E-state index in [1.54, 1.807) is 12.1 Å². The maximum Gasteiger partial charge on any atom is 0.407 e. The highest BCUT2D eigenvalue weighted by Gasteiger charge is 2.15. The Bertz CT molecular complexity index is 438. The molecule has 1 aromatic heterocycles. The number of hydrogen-bond donors (Lipinski definition) is 1. The lowest BCUT2D eigenvalue weighted by Crippen LogP contribution is -2.32. The second-order valence-corrected chi connectivity index (χ2v) is 5.29. The predicted molar refractivity (Wildman–Crippen MR) is 74.9 cm³/mol. The second-order valence-electron chi connectivity index (χ2n) is 4.90. The molecule has 0 fully saturated rings. The van der Waals surface area contributed by atoms with Crippen LogP contribution in [0.4, 0.5) is 4.79 Å². The standard InChI is InChI=1S/C13H18ClN3O2/c1-13(2,3)19-12(18)15-9-5-4-6-10-7-8-11(14)17-16-10/h4,6-8H,5,9H2,1-3H3,(H,15,18). The summed E-state index contributed by atoms with van der Waals surface area (Å²) >= 11 is 5.62. The van der Waals surface area contributed by atoms with Crippen molar-refractivity contribution in [2.75, 3.05) is 6.54 Å². The maximum absolute atomic E-state index is 11.3. The third-order valence-corrected chi connectivity index (χ3v) is 2.12. The molecule has 0 aliphatic carbocycles. The Hall–Kier alpha value is -1.62. The molecule has 104 valence electrons. The monoisotopic (exact) mass is 283 g/mol. The van der Waals surface area contributed by atoms with Crippen LogP contribution in [-0.4, -0.2) is 28.4 Å². The van der Waals surface area contributed by atoms with Gasteiger partial charge in [0.15, 0.2) is 5.15 Å². The highest BCUT2D eigenvalue weighted by Crippen LogP contribution is 2.06. The molecular weight excluding hydrogens is 266 g/mol. The molecule has 0 radical (unpaired) electrons. The van der Waals surface area contributed by atoms with E-state index in [1.807, 2.05) is 32.9 Å². The summed E-state index contributed by atoms with van der Waals surface area (Å²) in [7, 11) is 0. The number of halogens is 1. The van der Waals surface area contributed by atoms with Gasteiger partial charge in [0.05, 0.1) is 5.69 Å². The molecule has 1 rings (SSSR count). The van der Waals surface area contributed by atoms with Crippen molar-refractivity contribution in [2.45, 2.75) is 32.8 Å². The summed E-state index contributed by atoms with van der Waals surface area (Å²) in [5, 5.41) is 10.6. The smallest absolute Gasteiger partial charge is 0.407 e. The molecule has 1 N–H and O–H groups in total. The first-order valence-corrected chi connectivity index (χ1v) is 6.37. The van der Waals surface area contributed by atoms with Gasteiger partial charge in [-0.1, -0.05) is 17.7 Å². The maximum atomic E-state index is 11.3. The SMILES string of the molecule is CC(C)(C)OC(=O)NCCC=Cc1ccc(Cl)nn1. The van der Waals surface area contributed by atoms with Crippen LogP contribution in [0, 0.1) is 0 Å². The number of carbonyl (C=O) groups excluding carboxylic acids is 1. The third-order valence-electron chi connectivity index (χ3n) is 1.92. The Morgan fingerprint density at radius 3 is 2.74 bits per heavy atom. The molecule has 0 atom stereocenters. The van der Waals surface area contributed by atoms with Crippen molar-refractivity contribution in [3.8, 4) is 0 Å². The highest BCUT2D eigenvalue weighted by atomic mass is 35.5. The molecular formula is C13H18ClN3O2. The summed E-state index contributed by atoms with van der Waals surface area (Å²) in [5.41, 5.74) is 0.250. The van der Waals surface area contributed by atoms with E-state index in [-0.39, 0.29) is 0 Å². The minimum Gasteiger partial charge on any atom is -0.444 e. The number of carbonyl (C=O) groups is 1. The number of alkyl carbamates (subject to hydrolysis) is 1. The summed E-state index contributed by atoms with van der Waals surface area (Å²) in [6.45, 7) is 5.98. The fourth-order valence-corrected chi connectivity index (χ4v) is 1.29. The molecule has 6 heteroatoms. The van der Waals surface area contributed by atoms with Crippen molar-refractivity contribution in [1.82, 2.24) is 15.5 Å². The lowest BCUT2D eigenvalue weighted by atomic mass is 10.2. The van der Waals surface area contributed by atoms with Crippen LogP contribution < -0.4 is 5.32 Å². The minimum atomic E-state index is -0.473. The molecule has 0 saturated heterocycles. The Morgan fingerprint density at radius 1 is 1.42 bits per heavy atom. The Balaban J connectivity index is 2.24. The molecule has 0 aromatic carbocycles. The van der Waals surface area contributed by atoms with Crippen LogP contribution in [0.3, 0.4) is 0 Å². The zero-order valence-corrected chi connectivity index (χ0v) is 12.1. The van der Waals surface area contributed by atoms with Crippen molar-refractivity contribution in [1.29, 1.82) is 0 Å². The molecule has 0 spiro atoms. The van der Waals surface area contributed by atoms with Crippen molar-refractivity contribution < 1.29 is 9.53 Å². The van der Waals surface area contributed by atoms with Crippen LogP contribution in [0.2, 0.25) is 5.15 Å². The van der Waals surface area contributed by atoms with E-state index in [0.29, 0.717) is 18.1 Å². The number of nitrogens with one attached hydrogen (secondary N) is 1. The number of rotatable bonds is 4. The quantitative estimate of drug-likeness (QED) is 0.863. The molecule has 0 aliphatic rings. The molecule has 1 aromatic rings. The summed E-state index contributed by atoms with van der Waals surface area (Å²) < 4.78 is 5.10. The number of amides is 1. The fraction of sp³-hybridized carbons (Fsp3) is 0.462. The number of hydrogen-bond acceptors (Lipinski definition) is 4. The van der Waals surface area contributed by atoms with Crippen LogP contribution in [0.1, 0.15) is 32.9 Å². The molecule has 5 nitrogen and oxygen atoms in total. The molecule has 0 bridgehead atoms. The van der Waals surface area contributed by atoms with Gasteiger partial charge in [0.1, 0.15) is 5.60 Å². The van der Waals surface area contributed by atoms with E-state index < -0.39 is 11.7 Å². The van der Waals surface area contributed by atoms with Gasteiger partial charge in [-0.25, -0.2) is 4.79 Å². The fourth-order valence-electron chi connectivity index (χ4n) is 1.19. The first-order valence-electron chi connectivity index (χ1n) is 5.99. The predicted octanol–water partition coefficient (Wildman–Crippen LogP) is 3.06. The lowest BCUT2D eigenvalue weighted by molar-refractivity contribution is 0.0529. The molecule has 19 heavy (non-hydrogen) atoms. The van der Waals surface area contributed by atoms with E-state index in [9.17, 15) is 4.79 Å². The van der Waals surface area contributed by atoms with Gasteiger partial charge in [0.25, 0.3) is 0 Å². The highest BCUT2D eigenvalue weighted by molar-refractivity contribution is 6.29. The van der Waals surface area contributed by atoms with Crippen molar-refractivity contribution in [3.63, 3.8) is 0 Å². The lowest BCUT2D eigenvalue weighted by Gasteiger charge is -2.19.